The largest absolute Gasteiger partial charge is 0.326 e. The average molecular weight is 457 g/mol. The summed E-state index contributed by atoms with van der Waals surface area (Å²) in [7, 11) is -4.88. The molecule has 8 heteroatoms. The van der Waals surface area contributed by atoms with Gasteiger partial charge < -0.3 is 5.32 Å². The fourth-order valence-electron chi connectivity index (χ4n) is 3.45. The molecule has 1 atom stereocenters. The van der Waals surface area contributed by atoms with E-state index >= 15 is 0 Å². The van der Waals surface area contributed by atoms with Crippen molar-refractivity contribution in [2.24, 2.45) is 5.41 Å². The molecule has 1 unspecified atom stereocenters. The van der Waals surface area contributed by atoms with Crippen molar-refractivity contribution in [2.75, 3.05) is 16.3 Å². The van der Waals surface area contributed by atoms with Crippen LogP contribution in [0.15, 0.2) is 65.6 Å². The van der Waals surface area contributed by atoms with E-state index in [1.807, 2.05) is 19.1 Å². The van der Waals surface area contributed by atoms with Crippen molar-refractivity contribution >= 4 is 48.9 Å². The van der Waals surface area contributed by atoms with E-state index < -0.39 is 20.8 Å². The highest BCUT2D eigenvalue weighted by atomic mass is 32.2. The van der Waals surface area contributed by atoms with Gasteiger partial charge in [-0.05, 0) is 54.1 Å². The number of fused-ring (bicyclic) bond motifs is 1. The number of sulfonamides is 1. The standard InChI is InChI=1S/C23H24N2O4S2/c1-23(13-14-23)22(26)24-17-9-11-18(12-10-17)25-31(28,29)21-8-4-6-19-16(15-30(2)27)5-3-7-20(19)21/h3-12,25H,13-15H2,1-2H3,(H,24,26). The van der Waals surface area contributed by atoms with E-state index in [9.17, 15) is 17.4 Å². The van der Waals surface area contributed by atoms with E-state index in [4.69, 9.17) is 0 Å². The van der Waals surface area contributed by atoms with Gasteiger partial charge in [-0.15, -0.1) is 0 Å². The van der Waals surface area contributed by atoms with Gasteiger partial charge in [0.05, 0.1) is 4.90 Å². The molecule has 0 radical (unpaired) electrons. The number of nitrogens with one attached hydrogen (secondary N) is 2. The first-order chi connectivity index (χ1) is 14.7. The Kier molecular flexibility index (Phi) is 5.61. The van der Waals surface area contributed by atoms with Crippen LogP contribution in [0.2, 0.25) is 0 Å². The SMILES string of the molecule is CS(=O)Cc1cccc2c(S(=O)(=O)Nc3ccc(NC(=O)C4(C)CC4)cc3)cccc12. The molecule has 162 valence electrons. The molecule has 0 aromatic heterocycles. The number of hydrogen-bond donors (Lipinski definition) is 2. The highest BCUT2D eigenvalue weighted by molar-refractivity contribution is 7.93. The third-order valence-electron chi connectivity index (χ3n) is 5.56. The van der Waals surface area contributed by atoms with Crippen molar-refractivity contribution in [3.05, 3.63) is 66.2 Å². The Morgan fingerprint density at radius 2 is 1.58 bits per heavy atom. The van der Waals surface area contributed by atoms with Gasteiger partial charge in [0.1, 0.15) is 0 Å². The maximum Gasteiger partial charge on any atom is 0.262 e. The molecule has 1 fully saturated rings. The smallest absolute Gasteiger partial charge is 0.262 e. The summed E-state index contributed by atoms with van der Waals surface area (Å²) in [5.41, 5.74) is 1.60. The number of rotatable bonds is 7. The summed E-state index contributed by atoms with van der Waals surface area (Å²) in [4.78, 5) is 12.3. The van der Waals surface area contributed by atoms with Gasteiger partial charge in [-0.1, -0.05) is 37.3 Å². The van der Waals surface area contributed by atoms with Crippen molar-refractivity contribution in [1.29, 1.82) is 0 Å². The second-order valence-corrected chi connectivity index (χ2v) is 11.3. The first kappa shape index (κ1) is 21.5. The topological polar surface area (TPSA) is 92.3 Å². The summed E-state index contributed by atoms with van der Waals surface area (Å²) in [6.45, 7) is 1.93. The first-order valence-corrected chi connectivity index (χ1v) is 13.1. The highest BCUT2D eigenvalue weighted by Gasteiger charge is 2.44. The lowest BCUT2D eigenvalue weighted by Gasteiger charge is -2.13. The van der Waals surface area contributed by atoms with Crippen LogP contribution in [0.4, 0.5) is 11.4 Å². The summed E-state index contributed by atoms with van der Waals surface area (Å²) in [5.74, 6) is 0.348. The zero-order valence-corrected chi connectivity index (χ0v) is 19.0. The summed E-state index contributed by atoms with van der Waals surface area (Å²) in [5, 5.41) is 4.22. The minimum Gasteiger partial charge on any atom is -0.326 e. The van der Waals surface area contributed by atoms with Gasteiger partial charge in [-0.2, -0.15) is 0 Å². The van der Waals surface area contributed by atoms with Crippen LogP contribution in [0.3, 0.4) is 0 Å². The van der Waals surface area contributed by atoms with Crippen molar-refractivity contribution in [3.63, 3.8) is 0 Å². The van der Waals surface area contributed by atoms with E-state index in [0.717, 1.165) is 23.8 Å². The Balaban J connectivity index is 1.58. The molecule has 3 aromatic carbocycles. The van der Waals surface area contributed by atoms with Gasteiger partial charge in [-0.3, -0.25) is 13.7 Å². The van der Waals surface area contributed by atoms with Gasteiger partial charge in [0.2, 0.25) is 5.91 Å². The molecule has 0 bridgehead atoms. The Bertz CT molecular complexity index is 1280. The van der Waals surface area contributed by atoms with Crippen LogP contribution in [0.1, 0.15) is 25.3 Å². The van der Waals surface area contributed by atoms with E-state index in [2.05, 4.69) is 10.0 Å². The second-order valence-electron chi connectivity index (χ2n) is 8.18. The zero-order valence-electron chi connectivity index (χ0n) is 17.3. The fourth-order valence-corrected chi connectivity index (χ4v) is 5.42. The quantitative estimate of drug-likeness (QED) is 0.556. The van der Waals surface area contributed by atoms with Crippen LogP contribution in [-0.4, -0.2) is 24.8 Å². The summed E-state index contributed by atoms with van der Waals surface area (Å²) < 4.78 is 40.5. The summed E-state index contributed by atoms with van der Waals surface area (Å²) in [6.07, 6.45) is 3.40. The van der Waals surface area contributed by atoms with E-state index in [1.54, 1.807) is 54.8 Å². The van der Waals surface area contributed by atoms with Gasteiger partial charge >= 0.3 is 0 Å². The van der Waals surface area contributed by atoms with E-state index in [1.165, 1.54) is 0 Å². The monoisotopic (exact) mass is 456 g/mol. The molecule has 0 saturated heterocycles. The fraction of sp³-hybridized carbons (Fsp3) is 0.261. The van der Waals surface area contributed by atoms with Gasteiger partial charge in [0, 0.05) is 45.0 Å². The van der Waals surface area contributed by atoms with Crippen LogP contribution in [0.5, 0.6) is 0 Å². The van der Waals surface area contributed by atoms with Crippen LogP contribution in [0.25, 0.3) is 10.8 Å². The minimum absolute atomic E-state index is 0.0135. The molecule has 3 aromatic rings. The van der Waals surface area contributed by atoms with Crippen LogP contribution in [0, 0.1) is 5.41 Å². The average Bonchev–Trinajstić information content (AvgIpc) is 3.47. The molecule has 4 rings (SSSR count). The summed E-state index contributed by atoms with van der Waals surface area (Å²) >= 11 is 0. The Morgan fingerprint density at radius 1 is 0.968 bits per heavy atom. The molecule has 1 aliphatic rings. The number of benzene rings is 3. The molecule has 0 aliphatic heterocycles. The third kappa shape index (κ3) is 4.65. The van der Waals surface area contributed by atoms with Crippen LogP contribution in [-0.2, 0) is 31.4 Å². The molecule has 0 heterocycles. The highest BCUT2D eigenvalue weighted by Crippen LogP contribution is 2.45. The summed E-state index contributed by atoms with van der Waals surface area (Å²) in [6, 6.07) is 17.1. The number of amides is 1. The molecular weight excluding hydrogens is 432 g/mol. The molecule has 1 aliphatic carbocycles. The van der Waals surface area contributed by atoms with Crippen molar-refractivity contribution < 1.29 is 17.4 Å². The van der Waals surface area contributed by atoms with Crippen molar-refractivity contribution in [1.82, 2.24) is 0 Å². The lowest BCUT2D eigenvalue weighted by molar-refractivity contribution is -0.120. The van der Waals surface area contributed by atoms with Gasteiger partial charge in [-0.25, -0.2) is 8.42 Å². The maximum atomic E-state index is 13.1. The third-order valence-corrected chi connectivity index (χ3v) is 7.72. The predicted molar refractivity (Wildman–Crippen MR) is 125 cm³/mol. The normalized spacial score (nSPS) is 15.9. The number of carbonyl (C=O) groups excluding carboxylic acids is 1. The van der Waals surface area contributed by atoms with Crippen molar-refractivity contribution in [2.45, 2.75) is 30.4 Å². The van der Waals surface area contributed by atoms with Gasteiger partial charge in [0.15, 0.2) is 0 Å². The van der Waals surface area contributed by atoms with Gasteiger partial charge in [0.25, 0.3) is 10.0 Å². The van der Waals surface area contributed by atoms with Crippen LogP contribution >= 0.6 is 0 Å². The predicted octanol–water partition coefficient (Wildman–Crippen LogP) is 4.26. The number of carbonyl (C=O) groups is 1. The molecule has 1 saturated carbocycles. The Morgan fingerprint density at radius 3 is 2.23 bits per heavy atom. The molecule has 0 spiro atoms. The van der Waals surface area contributed by atoms with E-state index in [-0.39, 0.29) is 16.2 Å². The van der Waals surface area contributed by atoms with Crippen molar-refractivity contribution in [3.8, 4) is 0 Å². The lowest BCUT2D eigenvalue weighted by atomic mass is 10.1. The maximum absolute atomic E-state index is 13.1. The second kappa shape index (κ2) is 8.09. The Hall–Kier alpha value is -2.71. The Labute approximate surface area is 184 Å². The molecular formula is C23H24N2O4S2. The first-order valence-electron chi connectivity index (χ1n) is 9.93. The number of anilines is 2. The number of hydrogen-bond acceptors (Lipinski definition) is 4. The van der Waals surface area contributed by atoms with Crippen LogP contribution < -0.4 is 10.0 Å². The molecule has 1 amide bonds. The molecule has 31 heavy (non-hydrogen) atoms. The zero-order chi connectivity index (χ0) is 22.2. The van der Waals surface area contributed by atoms with E-state index in [0.29, 0.717) is 22.5 Å². The molecule has 6 nitrogen and oxygen atoms in total. The molecule has 2 N–H and O–H groups in total. The minimum atomic E-state index is -3.85. The lowest BCUT2D eigenvalue weighted by Crippen LogP contribution is -2.21.